The number of halogens is 2. The molecule has 2 aromatic carbocycles. The van der Waals surface area contributed by atoms with Gasteiger partial charge in [-0.1, -0.05) is 23.7 Å². The summed E-state index contributed by atoms with van der Waals surface area (Å²) in [5.74, 6) is -1.35. The van der Waals surface area contributed by atoms with Crippen molar-refractivity contribution in [1.29, 1.82) is 0 Å². The van der Waals surface area contributed by atoms with Crippen molar-refractivity contribution >= 4 is 34.7 Å². The highest BCUT2D eigenvalue weighted by Gasteiger charge is 2.40. The number of allylic oxidation sites excluding steroid dienone is 2. The van der Waals surface area contributed by atoms with Crippen LogP contribution in [-0.4, -0.2) is 16.6 Å². The predicted octanol–water partition coefficient (Wildman–Crippen LogP) is 4.91. The summed E-state index contributed by atoms with van der Waals surface area (Å²) in [6.45, 7) is 0. The molecule has 0 saturated carbocycles. The Morgan fingerprint density at radius 3 is 2.66 bits per heavy atom. The second kappa shape index (κ2) is 7.40. The quantitative estimate of drug-likeness (QED) is 0.527. The van der Waals surface area contributed by atoms with E-state index in [9.17, 15) is 24.1 Å². The van der Waals surface area contributed by atoms with Crippen LogP contribution in [0.4, 0.5) is 15.8 Å². The molecule has 148 valence electrons. The predicted molar refractivity (Wildman–Crippen MR) is 105 cm³/mol. The maximum atomic E-state index is 13.8. The van der Waals surface area contributed by atoms with Crippen LogP contribution in [0.25, 0.3) is 0 Å². The molecule has 1 unspecified atom stereocenters. The van der Waals surface area contributed by atoms with Crippen molar-refractivity contribution in [2.45, 2.75) is 31.6 Å². The number of hydrogen-bond donors (Lipinski definition) is 0. The van der Waals surface area contributed by atoms with Gasteiger partial charge in [0, 0.05) is 36.1 Å². The third-order valence-corrected chi connectivity index (χ3v) is 5.63. The van der Waals surface area contributed by atoms with E-state index in [2.05, 4.69) is 0 Å². The first-order valence-corrected chi connectivity index (χ1v) is 9.53. The Morgan fingerprint density at radius 1 is 1.14 bits per heavy atom. The van der Waals surface area contributed by atoms with E-state index in [0.29, 0.717) is 41.8 Å². The summed E-state index contributed by atoms with van der Waals surface area (Å²) in [4.78, 5) is 37.9. The van der Waals surface area contributed by atoms with Crippen LogP contribution in [0.5, 0.6) is 0 Å². The molecule has 0 bridgehead atoms. The van der Waals surface area contributed by atoms with Crippen molar-refractivity contribution in [3.8, 4) is 0 Å². The van der Waals surface area contributed by atoms with Crippen LogP contribution in [0.3, 0.4) is 0 Å². The van der Waals surface area contributed by atoms with Crippen LogP contribution in [0, 0.1) is 15.9 Å². The molecule has 1 aliphatic heterocycles. The molecule has 1 heterocycles. The Morgan fingerprint density at radius 2 is 1.93 bits per heavy atom. The van der Waals surface area contributed by atoms with Gasteiger partial charge in [-0.2, -0.15) is 0 Å². The van der Waals surface area contributed by atoms with Crippen LogP contribution < -0.4 is 4.90 Å². The standard InChI is InChI=1S/C21H16ClFN2O4/c22-16-8-7-14(10-18(16)25(28)29)24-17-5-2-6-19(26)21(17)15(11-20(24)27)12-3-1-4-13(23)9-12/h1,3-4,7-10,15H,2,5-6,11H2. The number of carbonyl (C=O) groups is 2. The number of nitro groups is 1. The van der Waals surface area contributed by atoms with Crippen molar-refractivity contribution < 1.29 is 18.9 Å². The summed E-state index contributed by atoms with van der Waals surface area (Å²) in [7, 11) is 0. The van der Waals surface area contributed by atoms with E-state index in [1.54, 1.807) is 12.1 Å². The number of rotatable bonds is 3. The molecule has 6 nitrogen and oxygen atoms in total. The smallest absolute Gasteiger partial charge is 0.289 e. The van der Waals surface area contributed by atoms with Gasteiger partial charge in [-0.15, -0.1) is 0 Å². The van der Waals surface area contributed by atoms with Gasteiger partial charge in [0.25, 0.3) is 5.69 Å². The van der Waals surface area contributed by atoms with E-state index >= 15 is 0 Å². The molecular formula is C21H16ClFN2O4. The summed E-state index contributed by atoms with van der Waals surface area (Å²) < 4.78 is 13.8. The molecule has 0 spiro atoms. The topological polar surface area (TPSA) is 80.5 Å². The second-order valence-electron chi connectivity index (χ2n) is 7.07. The first-order valence-electron chi connectivity index (χ1n) is 9.15. The highest BCUT2D eigenvalue weighted by atomic mass is 35.5. The average molecular weight is 415 g/mol. The van der Waals surface area contributed by atoms with E-state index < -0.39 is 16.7 Å². The Hall–Kier alpha value is -3.06. The third-order valence-electron chi connectivity index (χ3n) is 5.31. The highest BCUT2D eigenvalue weighted by molar-refractivity contribution is 6.32. The maximum absolute atomic E-state index is 13.8. The van der Waals surface area contributed by atoms with Crippen LogP contribution in [0.15, 0.2) is 53.7 Å². The van der Waals surface area contributed by atoms with E-state index in [4.69, 9.17) is 11.6 Å². The van der Waals surface area contributed by atoms with Crippen molar-refractivity contribution in [3.63, 3.8) is 0 Å². The van der Waals surface area contributed by atoms with Crippen LogP contribution in [-0.2, 0) is 9.59 Å². The van der Waals surface area contributed by atoms with Gasteiger partial charge in [0.15, 0.2) is 5.78 Å². The molecule has 1 aliphatic carbocycles. The van der Waals surface area contributed by atoms with Crippen molar-refractivity contribution in [2.24, 2.45) is 0 Å². The Balaban J connectivity index is 1.87. The molecule has 0 N–H and O–H groups in total. The Kier molecular flexibility index (Phi) is 4.92. The van der Waals surface area contributed by atoms with Crippen LogP contribution in [0.1, 0.15) is 37.2 Å². The van der Waals surface area contributed by atoms with Gasteiger partial charge in [0.05, 0.1) is 10.6 Å². The molecule has 4 rings (SSSR count). The van der Waals surface area contributed by atoms with Gasteiger partial charge in [0.2, 0.25) is 5.91 Å². The fourth-order valence-corrected chi connectivity index (χ4v) is 4.27. The molecular weight excluding hydrogens is 399 g/mol. The SMILES string of the molecule is O=C1CCCC2=C1C(c1cccc(F)c1)CC(=O)N2c1ccc(Cl)c([N+](=O)[O-])c1. The lowest BCUT2D eigenvalue weighted by molar-refractivity contribution is -0.384. The lowest BCUT2D eigenvalue weighted by Gasteiger charge is -2.38. The molecule has 2 aliphatic rings. The summed E-state index contributed by atoms with van der Waals surface area (Å²) in [5.41, 5.74) is 1.57. The van der Waals surface area contributed by atoms with E-state index in [1.807, 2.05) is 0 Å². The van der Waals surface area contributed by atoms with Gasteiger partial charge < -0.3 is 0 Å². The Bertz CT molecular complexity index is 1080. The monoisotopic (exact) mass is 414 g/mol. The minimum absolute atomic E-state index is 0.0234. The highest BCUT2D eigenvalue weighted by Crippen LogP contribution is 2.44. The van der Waals surface area contributed by atoms with Crippen LogP contribution in [0.2, 0.25) is 5.02 Å². The summed E-state index contributed by atoms with van der Waals surface area (Å²) >= 11 is 5.90. The Labute approximate surface area is 170 Å². The summed E-state index contributed by atoms with van der Waals surface area (Å²) in [5, 5.41) is 11.2. The number of benzene rings is 2. The number of nitro benzene ring substituents is 1. The minimum atomic E-state index is -0.614. The van der Waals surface area contributed by atoms with Gasteiger partial charge in [0.1, 0.15) is 10.8 Å². The fourth-order valence-electron chi connectivity index (χ4n) is 4.08. The van der Waals surface area contributed by atoms with Crippen molar-refractivity contribution in [3.05, 3.63) is 80.3 Å². The van der Waals surface area contributed by atoms with Gasteiger partial charge >= 0.3 is 0 Å². The van der Waals surface area contributed by atoms with E-state index in [0.717, 1.165) is 0 Å². The zero-order valence-electron chi connectivity index (χ0n) is 15.2. The van der Waals surface area contributed by atoms with E-state index in [-0.39, 0.29) is 28.8 Å². The largest absolute Gasteiger partial charge is 0.294 e. The molecule has 0 fully saturated rings. The maximum Gasteiger partial charge on any atom is 0.289 e. The number of anilines is 1. The number of Topliss-reactive ketones (excluding diaryl/α,β-unsaturated/α-hetero) is 1. The second-order valence-corrected chi connectivity index (χ2v) is 7.48. The summed E-state index contributed by atoms with van der Waals surface area (Å²) in [6.07, 6.45) is 1.39. The number of nitrogens with zero attached hydrogens (tertiary/aromatic N) is 2. The first kappa shape index (κ1) is 19.3. The molecule has 0 aromatic heterocycles. The fraction of sp³-hybridized carbons (Fsp3) is 0.238. The molecule has 1 amide bonds. The molecule has 29 heavy (non-hydrogen) atoms. The van der Waals surface area contributed by atoms with Crippen molar-refractivity contribution in [2.75, 3.05) is 4.90 Å². The summed E-state index contributed by atoms with van der Waals surface area (Å²) in [6, 6.07) is 10.0. The molecule has 1 atom stereocenters. The molecule has 2 aromatic rings. The van der Waals surface area contributed by atoms with Crippen LogP contribution >= 0.6 is 11.6 Å². The van der Waals surface area contributed by atoms with Crippen molar-refractivity contribution in [1.82, 2.24) is 0 Å². The third kappa shape index (κ3) is 3.42. The number of carbonyl (C=O) groups excluding carboxylic acids is 2. The average Bonchev–Trinajstić information content (AvgIpc) is 2.68. The molecule has 8 heteroatoms. The minimum Gasteiger partial charge on any atom is -0.294 e. The zero-order valence-corrected chi connectivity index (χ0v) is 16.0. The van der Waals surface area contributed by atoms with Gasteiger partial charge in [-0.05, 0) is 42.7 Å². The van der Waals surface area contributed by atoms with Gasteiger partial charge in [-0.3, -0.25) is 24.6 Å². The van der Waals surface area contributed by atoms with Gasteiger partial charge in [-0.25, -0.2) is 4.39 Å². The molecule has 0 saturated heterocycles. The normalized spacial score (nSPS) is 19.4. The lowest BCUT2D eigenvalue weighted by atomic mass is 9.77. The van der Waals surface area contributed by atoms with E-state index in [1.165, 1.54) is 35.2 Å². The molecule has 0 radical (unpaired) electrons. The number of hydrogen-bond acceptors (Lipinski definition) is 4. The lowest BCUT2D eigenvalue weighted by Crippen LogP contribution is -2.40. The number of ketones is 1. The first-order chi connectivity index (χ1) is 13.9. The zero-order chi connectivity index (χ0) is 20.7. The number of amides is 1.